The molecular weight excluding hydrogens is 848 g/mol. The van der Waals surface area contributed by atoms with E-state index in [2.05, 4.69) is 13.8 Å². The van der Waals surface area contributed by atoms with E-state index in [-0.39, 0.29) is 41.8 Å². The van der Waals surface area contributed by atoms with Crippen LogP contribution in [0.25, 0.3) is 0 Å². The second-order valence-corrected chi connectivity index (χ2v) is 20.1. The second-order valence-electron chi connectivity index (χ2n) is 20.1. The topological polar surface area (TPSA) is 299 Å². The summed E-state index contributed by atoms with van der Waals surface area (Å²) in [7, 11) is 1.37. The molecule has 8 rings (SSSR count). The van der Waals surface area contributed by atoms with Crippen LogP contribution in [-0.4, -0.2) is 195 Å². The van der Waals surface area contributed by atoms with E-state index in [1.54, 1.807) is 6.92 Å². The number of aliphatic hydroxyl groups is 9. The summed E-state index contributed by atoms with van der Waals surface area (Å²) < 4.78 is 52.5. The van der Waals surface area contributed by atoms with Gasteiger partial charge in [-0.15, -0.1) is 0 Å². The van der Waals surface area contributed by atoms with E-state index in [0.717, 1.165) is 31.3 Å². The lowest BCUT2D eigenvalue weighted by molar-refractivity contribution is -0.367. The summed E-state index contributed by atoms with van der Waals surface area (Å²) in [5, 5.41) is 97.1. The molecule has 0 aromatic heterocycles. The minimum atomic E-state index is -1.79. The highest BCUT2D eigenvalue weighted by Gasteiger charge is 2.71. The molecule has 64 heavy (non-hydrogen) atoms. The number of aliphatic hydroxyl groups excluding tert-OH is 8. The molecule has 0 amide bonds. The standard InChI is InChI=1S/C44H68O20/c1-18-37(64-40-35(53)33(51)31(49)27(63-40)17-58-39-34(52)32(50)30(48)26(15-45)62-39)38(56-5)36(54)41(59-18)61-22-8-10-42(3)21(13-22)6-7-24-23(42)9-11-43(4)29(20-12-28(47)57-16-20)25(60-19(2)46)14-44(24,43)55/h12,18,21-27,29-41,45,48-55H,6-11,13-17H2,1-5H3/t18-,21+,22+,23+,24-,25+,26-,27-,29+,30-,31-,32+,33+,34-,35-,36-,37+,38-,39-,40+,41+,42+,43-,44+/m1/s1. The van der Waals surface area contributed by atoms with E-state index < -0.39 is 134 Å². The van der Waals surface area contributed by atoms with Crippen molar-refractivity contribution in [1.82, 2.24) is 0 Å². The normalized spacial score (nSPS) is 52.8. The van der Waals surface area contributed by atoms with Gasteiger partial charge in [0.1, 0.15) is 79.9 Å². The number of rotatable bonds is 11. The summed E-state index contributed by atoms with van der Waals surface area (Å²) in [6, 6.07) is 0. The van der Waals surface area contributed by atoms with Crippen LogP contribution in [0.1, 0.15) is 79.1 Å². The van der Waals surface area contributed by atoms with Gasteiger partial charge in [0, 0.05) is 37.9 Å². The van der Waals surface area contributed by atoms with Crippen molar-refractivity contribution in [2.45, 2.75) is 189 Å². The molecule has 0 spiro atoms. The molecule has 0 unspecified atom stereocenters. The fourth-order valence-corrected chi connectivity index (χ4v) is 13.3. The lowest BCUT2D eigenvalue weighted by Crippen LogP contribution is -2.65. The Hall–Kier alpha value is -1.96. The summed E-state index contributed by atoms with van der Waals surface area (Å²) in [6.07, 6.45) is -15.2. The molecule has 4 aliphatic heterocycles. The van der Waals surface area contributed by atoms with Gasteiger partial charge in [-0.1, -0.05) is 13.8 Å². The molecule has 4 aliphatic carbocycles. The highest BCUT2D eigenvalue weighted by Crippen LogP contribution is 2.70. The molecule has 4 heterocycles. The Balaban J connectivity index is 0.891. The third-order valence-electron chi connectivity index (χ3n) is 16.8. The first-order valence-electron chi connectivity index (χ1n) is 22.8. The molecule has 4 saturated carbocycles. The van der Waals surface area contributed by atoms with Gasteiger partial charge < -0.3 is 88.6 Å². The summed E-state index contributed by atoms with van der Waals surface area (Å²) in [4.78, 5) is 24.5. The fourth-order valence-electron chi connectivity index (χ4n) is 13.3. The molecule has 8 aliphatic rings. The summed E-state index contributed by atoms with van der Waals surface area (Å²) in [5.74, 6) is -0.779. The average molecular weight is 917 g/mol. The van der Waals surface area contributed by atoms with Crippen molar-refractivity contribution >= 4 is 11.9 Å². The summed E-state index contributed by atoms with van der Waals surface area (Å²) >= 11 is 0. The number of ether oxygens (including phenoxy) is 9. The van der Waals surface area contributed by atoms with Crippen molar-refractivity contribution in [3.63, 3.8) is 0 Å². The Labute approximate surface area is 371 Å². The molecule has 7 fully saturated rings. The van der Waals surface area contributed by atoms with Gasteiger partial charge in [-0.3, -0.25) is 4.79 Å². The minimum absolute atomic E-state index is 0.0447. The Morgan fingerprint density at radius 2 is 1.47 bits per heavy atom. The maximum Gasteiger partial charge on any atom is 0.331 e. The van der Waals surface area contributed by atoms with Crippen LogP contribution in [0.4, 0.5) is 0 Å². The van der Waals surface area contributed by atoms with Gasteiger partial charge in [-0.2, -0.15) is 0 Å². The SMILES string of the molecule is CO[C@@H]1[C@@H](O)[C@H](O[C@H]2CC[C@@]3(C)[C@@H](CC[C@@H]4[C@@H]3CC[C@]3(C)[C@@H](C5=CC(=O)OC5)[C@@H](OC(C)=O)C[C@]43O)C2)O[C@H](C)[C@@H]1O[C@@H]1O[C@H](CO[C@@H]2O[C@H](CO)[C@@H](O)[C@H](O)[C@H]2O)[C@@H](O)[C@H](O)[C@H]1O. The summed E-state index contributed by atoms with van der Waals surface area (Å²) in [5.41, 5.74) is -1.11. The van der Waals surface area contributed by atoms with Gasteiger partial charge >= 0.3 is 11.9 Å². The van der Waals surface area contributed by atoms with Crippen molar-refractivity contribution < 1.29 is 98.2 Å². The monoisotopic (exact) mass is 916 g/mol. The van der Waals surface area contributed by atoms with Gasteiger partial charge in [0.05, 0.1) is 31.0 Å². The van der Waals surface area contributed by atoms with Crippen molar-refractivity contribution in [3.05, 3.63) is 11.6 Å². The van der Waals surface area contributed by atoms with Gasteiger partial charge in [0.25, 0.3) is 0 Å². The number of methoxy groups -OCH3 is 1. The number of fused-ring (bicyclic) bond motifs is 5. The predicted molar refractivity (Wildman–Crippen MR) is 214 cm³/mol. The van der Waals surface area contributed by atoms with E-state index >= 15 is 0 Å². The predicted octanol–water partition coefficient (Wildman–Crippen LogP) is -1.70. The number of hydrogen-bond acceptors (Lipinski definition) is 20. The molecule has 0 aromatic rings. The maximum absolute atomic E-state index is 12.9. The molecule has 24 atom stereocenters. The number of hydrogen-bond donors (Lipinski definition) is 9. The van der Waals surface area contributed by atoms with Gasteiger partial charge in [0.15, 0.2) is 18.9 Å². The number of carbonyl (C=O) groups is 2. The van der Waals surface area contributed by atoms with Crippen molar-refractivity contribution in [2.75, 3.05) is 26.9 Å². The van der Waals surface area contributed by atoms with Crippen LogP contribution in [-0.2, 0) is 52.2 Å². The summed E-state index contributed by atoms with van der Waals surface area (Å²) in [6.45, 7) is 6.34. The number of esters is 2. The third kappa shape index (κ3) is 8.27. The van der Waals surface area contributed by atoms with E-state index in [4.69, 9.17) is 42.6 Å². The van der Waals surface area contributed by atoms with Crippen molar-refractivity contribution in [1.29, 1.82) is 0 Å². The molecule has 20 nitrogen and oxygen atoms in total. The lowest BCUT2D eigenvalue weighted by atomic mass is 9.43. The van der Waals surface area contributed by atoms with Crippen LogP contribution in [0, 0.1) is 34.5 Å². The quantitative estimate of drug-likeness (QED) is 0.0825. The van der Waals surface area contributed by atoms with E-state index in [1.807, 2.05) is 0 Å². The molecule has 0 aromatic carbocycles. The minimum Gasteiger partial charge on any atom is -0.462 e. The fraction of sp³-hybridized carbons (Fsp3) is 0.909. The van der Waals surface area contributed by atoms with Crippen molar-refractivity contribution in [3.8, 4) is 0 Å². The van der Waals surface area contributed by atoms with Gasteiger partial charge in [-0.25, -0.2) is 4.79 Å². The molecule has 0 radical (unpaired) electrons. The smallest absolute Gasteiger partial charge is 0.331 e. The lowest BCUT2D eigenvalue weighted by Gasteiger charge is -2.63. The zero-order valence-corrected chi connectivity index (χ0v) is 37.0. The highest BCUT2D eigenvalue weighted by molar-refractivity contribution is 5.85. The number of cyclic esters (lactones) is 1. The van der Waals surface area contributed by atoms with Crippen LogP contribution in [0.15, 0.2) is 11.6 Å². The van der Waals surface area contributed by atoms with Crippen molar-refractivity contribution in [2.24, 2.45) is 34.5 Å². The molecule has 364 valence electrons. The van der Waals surface area contributed by atoms with Gasteiger partial charge in [0.2, 0.25) is 0 Å². The molecule has 0 bridgehead atoms. The van der Waals surface area contributed by atoms with Crippen LogP contribution in [0.5, 0.6) is 0 Å². The Morgan fingerprint density at radius 3 is 2.12 bits per heavy atom. The van der Waals surface area contributed by atoms with Crippen LogP contribution in [0.3, 0.4) is 0 Å². The first-order valence-corrected chi connectivity index (χ1v) is 22.8. The maximum atomic E-state index is 12.9. The zero-order valence-electron chi connectivity index (χ0n) is 37.0. The van der Waals surface area contributed by atoms with Gasteiger partial charge in [-0.05, 0) is 80.6 Å². The van der Waals surface area contributed by atoms with Crippen LogP contribution < -0.4 is 0 Å². The molecule has 3 saturated heterocycles. The highest BCUT2D eigenvalue weighted by atomic mass is 16.8. The van der Waals surface area contributed by atoms with E-state index in [9.17, 15) is 55.5 Å². The largest absolute Gasteiger partial charge is 0.462 e. The first-order chi connectivity index (χ1) is 30.3. The Morgan fingerprint density at radius 1 is 0.797 bits per heavy atom. The van der Waals surface area contributed by atoms with Crippen LogP contribution >= 0.6 is 0 Å². The first kappa shape index (κ1) is 48.5. The Kier molecular flexibility index (Phi) is 14.0. The molecule has 9 N–H and O–H groups in total. The van der Waals surface area contributed by atoms with E-state index in [0.29, 0.717) is 25.7 Å². The number of carbonyl (C=O) groups excluding carboxylic acids is 2. The van der Waals surface area contributed by atoms with Crippen LogP contribution in [0.2, 0.25) is 0 Å². The third-order valence-corrected chi connectivity index (χ3v) is 16.8. The van der Waals surface area contributed by atoms with E-state index in [1.165, 1.54) is 20.1 Å². The second kappa shape index (κ2) is 18.5. The zero-order chi connectivity index (χ0) is 46.2. The molecular formula is C44H68O20. The Bertz CT molecular complexity index is 1720. The average Bonchev–Trinajstić information content (AvgIpc) is 3.77. The molecule has 20 heteroatoms.